The van der Waals surface area contributed by atoms with Crippen molar-refractivity contribution in [1.82, 2.24) is 19.9 Å². The van der Waals surface area contributed by atoms with Gasteiger partial charge in [-0.25, -0.2) is 15.0 Å². The van der Waals surface area contributed by atoms with Crippen LogP contribution in [0.3, 0.4) is 0 Å². The van der Waals surface area contributed by atoms with Gasteiger partial charge in [0.15, 0.2) is 17.5 Å². The van der Waals surface area contributed by atoms with Gasteiger partial charge in [0.25, 0.3) is 0 Å². The molecule has 6 aromatic carbocycles. The molecule has 0 bridgehead atoms. The molecule has 5 heterocycles. The summed E-state index contributed by atoms with van der Waals surface area (Å²) in [4.78, 5) is 24.6. The van der Waals surface area contributed by atoms with Crippen LogP contribution in [0.2, 0.25) is 0 Å². The van der Waals surface area contributed by atoms with E-state index in [1.54, 1.807) is 6.20 Å². The van der Waals surface area contributed by atoms with E-state index in [1.807, 2.05) is 71.2 Å². The van der Waals surface area contributed by atoms with Gasteiger partial charge in [0.05, 0.1) is 16.8 Å². The third kappa shape index (κ3) is 4.53. The van der Waals surface area contributed by atoms with Crippen molar-refractivity contribution in [3.63, 3.8) is 0 Å². The average molecular weight is 752 g/mol. The third-order valence-corrected chi connectivity index (χ3v) is 13.3. The summed E-state index contributed by atoms with van der Waals surface area (Å²) >= 11 is 3.71. The molecule has 7 heteroatoms. The van der Waals surface area contributed by atoms with Crippen LogP contribution >= 0.6 is 22.7 Å². The molecule has 0 radical (unpaired) electrons. The maximum atomic E-state index is 5.00. The van der Waals surface area contributed by atoms with Gasteiger partial charge < -0.3 is 4.90 Å². The maximum absolute atomic E-state index is 5.00. The summed E-state index contributed by atoms with van der Waals surface area (Å²) < 4.78 is 0. The van der Waals surface area contributed by atoms with Crippen molar-refractivity contribution >= 4 is 61.3 Å². The van der Waals surface area contributed by atoms with Gasteiger partial charge in [-0.2, -0.15) is 0 Å². The number of hydrogen-bond acceptors (Lipinski definition) is 7. The summed E-state index contributed by atoms with van der Waals surface area (Å²) in [6, 6.07) is 56.5. The van der Waals surface area contributed by atoms with E-state index in [4.69, 9.17) is 15.0 Å². The fraction of sp³-hybridized carbons (Fsp3) is 0.0204. The molecule has 1 spiro atoms. The molecule has 10 aromatic rings. The Bertz CT molecular complexity index is 2960. The number of nitrogens with zero attached hydrogens (tertiary/aromatic N) is 5. The van der Waals surface area contributed by atoms with Gasteiger partial charge in [-0.3, -0.25) is 4.98 Å². The Morgan fingerprint density at radius 3 is 1.48 bits per heavy atom. The van der Waals surface area contributed by atoms with E-state index in [1.165, 1.54) is 64.9 Å². The van der Waals surface area contributed by atoms with E-state index >= 15 is 0 Å². The van der Waals surface area contributed by atoms with Crippen LogP contribution in [-0.4, -0.2) is 19.9 Å². The normalized spacial score (nSPS) is 13.5. The van der Waals surface area contributed by atoms with Crippen molar-refractivity contribution in [3.05, 3.63) is 197 Å². The SMILES string of the molecule is c1ccc(-c2nc(-c3ccc(N4c5cc6ccccc6cc5C5(c6cc7ccccc7cc64)c4ccsc4-c4sccc45)cc3)nc(-c3ccccn3)n2)cc1. The Kier molecular flexibility index (Phi) is 6.82. The minimum atomic E-state index is -0.458. The lowest BCUT2D eigenvalue weighted by atomic mass is 9.64. The second-order valence-electron chi connectivity index (χ2n) is 14.3. The van der Waals surface area contributed by atoms with E-state index in [2.05, 4.69) is 130 Å². The molecular weight excluding hydrogens is 723 g/mol. The fourth-order valence-electron chi connectivity index (χ4n) is 8.86. The largest absolute Gasteiger partial charge is 0.310 e. The zero-order valence-corrected chi connectivity index (χ0v) is 31.4. The molecule has 12 rings (SSSR count). The van der Waals surface area contributed by atoms with E-state index < -0.39 is 5.41 Å². The Hall–Kier alpha value is -6.80. The van der Waals surface area contributed by atoms with Crippen LogP contribution in [0.1, 0.15) is 22.3 Å². The first kappa shape index (κ1) is 31.5. The molecule has 0 N–H and O–H groups in total. The van der Waals surface area contributed by atoms with Crippen LogP contribution in [0.4, 0.5) is 17.1 Å². The molecule has 0 unspecified atom stereocenters. The Morgan fingerprint density at radius 2 is 0.929 bits per heavy atom. The first-order chi connectivity index (χ1) is 27.7. The van der Waals surface area contributed by atoms with Gasteiger partial charge in [0, 0.05) is 32.8 Å². The van der Waals surface area contributed by atoms with Crippen LogP contribution < -0.4 is 4.90 Å². The first-order valence-corrected chi connectivity index (χ1v) is 20.4. The van der Waals surface area contributed by atoms with E-state index in [-0.39, 0.29) is 0 Å². The van der Waals surface area contributed by atoms with Crippen molar-refractivity contribution in [1.29, 1.82) is 0 Å². The topological polar surface area (TPSA) is 54.8 Å². The summed E-state index contributed by atoms with van der Waals surface area (Å²) in [6.07, 6.45) is 1.77. The molecular formula is C49H29N5S2. The number of aromatic nitrogens is 4. The quantitative estimate of drug-likeness (QED) is 0.179. The number of thiophene rings is 2. The predicted octanol–water partition coefficient (Wildman–Crippen LogP) is 12.8. The molecule has 1 aliphatic carbocycles. The smallest absolute Gasteiger partial charge is 0.182 e. The van der Waals surface area contributed by atoms with E-state index in [0.29, 0.717) is 23.2 Å². The number of hydrogen-bond donors (Lipinski definition) is 0. The molecule has 56 heavy (non-hydrogen) atoms. The number of rotatable bonds is 4. The number of pyridine rings is 1. The molecule has 0 atom stereocenters. The van der Waals surface area contributed by atoms with Crippen LogP contribution in [-0.2, 0) is 5.41 Å². The molecule has 5 nitrogen and oxygen atoms in total. The van der Waals surface area contributed by atoms with E-state index in [0.717, 1.165) is 16.8 Å². The lowest BCUT2D eigenvalue weighted by molar-refractivity contribution is 0.759. The van der Waals surface area contributed by atoms with Crippen molar-refractivity contribution in [3.8, 4) is 44.0 Å². The van der Waals surface area contributed by atoms with Crippen LogP contribution in [0.15, 0.2) is 175 Å². The van der Waals surface area contributed by atoms with Gasteiger partial charge in [0.1, 0.15) is 5.69 Å². The summed E-state index contributed by atoms with van der Waals surface area (Å²) in [5.41, 5.74) is 10.8. The first-order valence-electron chi connectivity index (χ1n) is 18.6. The van der Waals surface area contributed by atoms with Gasteiger partial charge in [-0.1, -0.05) is 84.9 Å². The van der Waals surface area contributed by atoms with E-state index in [9.17, 15) is 0 Å². The number of fused-ring (bicyclic) bond motifs is 11. The maximum Gasteiger partial charge on any atom is 0.182 e. The molecule has 2 aliphatic rings. The number of benzene rings is 6. The Balaban J connectivity index is 1.09. The van der Waals surface area contributed by atoms with Crippen molar-refractivity contribution < 1.29 is 0 Å². The van der Waals surface area contributed by atoms with Crippen molar-refractivity contribution in [2.75, 3.05) is 4.90 Å². The Labute approximate surface area is 330 Å². The molecule has 0 fully saturated rings. The average Bonchev–Trinajstić information content (AvgIpc) is 4.00. The van der Waals surface area contributed by atoms with Gasteiger partial charge in [-0.15, -0.1) is 22.7 Å². The molecule has 262 valence electrons. The minimum Gasteiger partial charge on any atom is -0.310 e. The van der Waals surface area contributed by atoms with Crippen LogP contribution in [0.25, 0.3) is 65.6 Å². The zero-order chi connectivity index (χ0) is 36.8. The summed E-state index contributed by atoms with van der Waals surface area (Å²) in [5.74, 6) is 1.75. The lowest BCUT2D eigenvalue weighted by Crippen LogP contribution is -2.36. The monoisotopic (exact) mass is 751 g/mol. The van der Waals surface area contributed by atoms with Crippen LogP contribution in [0, 0.1) is 0 Å². The standard InChI is InChI=1S/C49H29N5S2/c1-2-10-30(11-3-1)46-51-47(53-48(52-46)41-16-8-9-23-50-41)31-17-19-36(20-18-31)54-42-28-34-14-6-4-12-32(34)26-39(42)49(37-21-24-55-44(37)45-38(49)22-25-56-45)40-27-33-13-5-7-15-35(33)29-43(40)54/h1-29H. The van der Waals surface area contributed by atoms with Gasteiger partial charge in [0.2, 0.25) is 0 Å². The molecule has 4 aromatic heterocycles. The summed E-state index contributed by atoms with van der Waals surface area (Å²) in [7, 11) is 0. The second kappa shape index (κ2) is 12.1. The van der Waals surface area contributed by atoms with Gasteiger partial charge in [-0.05, 0) is 127 Å². The molecule has 0 saturated heterocycles. The van der Waals surface area contributed by atoms with Gasteiger partial charge >= 0.3 is 0 Å². The highest BCUT2D eigenvalue weighted by molar-refractivity contribution is 7.21. The van der Waals surface area contributed by atoms with Crippen molar-refractivity contribution in [2.24, 2.45) is 0 Å². The van der Waals surface area contributed by atoms with Crippen molar-refractivity contribution in [2.45, 2.75) is 5.41 Å². The summed E-state index contributed by atoms with van der Waals surface area (Å²) in [6.45, 7) is 0. The highest BCUT2D eigenvalue weighted by Gasteiger charge is 2.53. The molecule has 0 amide bonds. The van der Waals surface area contributed by atoms with Crippen LogP contribution in [0.5, 0.6) is 0 Å². The third-order valence-electron chi connectivity index (χ3n) is 11.3. The second-order valence-corrected chi connectivity index (χ2v) is 16.1. The lowest BCUT2D eigenvalue weighted by Gasteiger charge is -2.45. The fourth-order valence-corrected chi connectivity index (χ4v) is 11.0. The molecule has 1 aliphatic heterocycles. The highest BCUT2D eigenvalue weighted by Crippen LogP contribution is 2.66. The zero-order valence-electron chi connectivity index (χ0n) is 29.8. The molecule has 0 saturated carbocycles. The summed E-state index contributed by atoms with van der Waals surface area (Å²) in [5, 5.41) is 9.43. The number of anilines is 3. The Morgan fingerprint density at radius 1 is 0.429 bits per heavy atom. The minimum absolute atomic E-state index is 0.458. The highest BCUT2D eigenvalue weighted by atomic mass is 32.1. The predicted molar refractivity (Wildman–Crippen MR) is 230 cm³/mol.